The van der Waals surface area contributed by atoms with Gasteiger partial charge in [-0.25, -0.2) is 4.98 Å². The summed E-state index contributed by atoms with van der Waals surface area (Å²) in [4.78, 5) is 6.96. The van der Waals surface area contributed by atoms with Crippen LogP contribution in [0.25, 0.3) is 0 Å². The molecule has 1 saturated carbocycles. The second-order valence-corrected chi connectivity index (χ2v) is 5.57. The van der Waals surface area contributed by atoms with Crippen molar-refractivity contribution >= 4 is 21.7 Å². The normalized spacial score (nSPS) is 15.7. The van der Waals surface area contributed by atoms with Crippen LogP contribution in [0, 0.1) is 6.92 Å². The monoisotopic (exact) mass is 297 g/mol. The number of nitrogens with zero attached hydrogens (tertiary/aromatic N) is 2. The molecule has 1 heterocycles. The van der Waals surface area contributed by atoms with E-state index in [0.29, 0.717) is 6.04 Å². The molecule has 1 aliphatic carbocycles. The molecule has 0 atom stereocenters. The lowest BCUT2D eigenvalue weighted by molar-refractivity contribution is 0.382. The first-order valence-electron chi connectivity index (χ1n) is 6.31. The summed E-state index contributed by atoms with van der Waals surface area (Å²) in [5.41, 5.74) is 6.86. The maximum absolute atomic E-state index is 5.61. The van der Waals surface area contributed by atoms with Crippen LogP contribution in [0.1, 0.15) is 31.2 Å². The minimum atomic E-state index is 0.676. The smallest absolute Gasteiger partial charge is 0.129 e. The molecule has 0 saturated heterocycles. The molecule has 2 N–H and O–H groups in total. The van der Waals surface area contributed by atoms with Crippen molar-refractivity contribution in [1.29, 1.82) is 0 Å². The summed E-state index contributed by atoms with van der Waals surface area (Å²) in [6, 6.07) is 2.84. The van der Waals surface area contributed by atoms with Gasteiger partial charge in [-0.15, -0.1) is 0 Å². The van der Waals surface area contributed by atoms with E-state index in [2.05, 4.69) is 38.8 Å². The molecule has 17 heavy (non-hydrogen) atoms. The highest BCUT2D eigenvalue weighted by atomic mass is 79.9. The van der Waals surface area contributed by atoms with Gasteiger partial charge in [0.25, 0.3) is 0 Å². The third-order valence-corrected chi connectivity index (χ3v) is 4.28. The van der Waals surface area contributed by atoms with Crippen LogP contribution in [0.4, 0.5) is 5.82 Å². The Morgan fingerprint density at radius 2 is 2.29 bits per heavy atom. The minimum absolute atomic E-state index is 0.676. The summed E-state index contributed by atoms with van der Waals surface area (Å²) >= 11 is 3.50. The second kappa shape index (κ2) is 5.83. The van der Waals surface area contributed by atoms with E-state index in [1.165, 1.54) is 24.8 Å². The quantitative estimate of drug-likeness (QED) is 0.909. The van der Waals surface area contributed by atoms with E-state index in [9.17, 15) is 0 Å². The van der Waals surface area contributed by atoms with Gasteiger partial charge in [-0.3, -0.25) is 0 Å². The number of hydrogen-bond acceptors (Lipinski definition) is 3. The van der Waals surface area contributed by atoms with Gasteiger partial charge in [0.2, 0.25) is 0 Å². The highest BCUT2D eigenvalue weighted by Crippen LogP contribution is 2.30. The van der Waals surface area contributed by atoms with Crippen LogP contribution in [0.15, 0.2) is 16.7 Å². The molecule has 0 bridgehead atoms. The molecule has 2 rings (SSSR count). The van der Waals surface area contributed by atoms with Crippen molar-refractivity contribution in [2.45, 2.75) is 38.6 Å². The molecule has 0 aromatic carbocycles. The molecule has 0 spiro atoms. The van der Waals surface area contributed by atoms with Crippen LogP contribution in [0.3, 0.4) is 0 Å². The maximum atomic E-state index is 5.61. The molecule has 1 fully saturated rings. The van der Waals surface area contributed by atoms with E-state index in [0.717, 1.165) is 29.8 Å². The zero-order valence-corrected chi connectivity index (χ0v) is 11.9. The molecule has 1 aromatic heterocycles. The van der Waals surface area contributed by atoms with Crippen LogP contribution in [0.5, 0.6) is 0 Å². The van der Waals surface area contributed by atoms with Gasteiger partial charge in [0.1, 0.15) is 5.82 Å². The van der Waals surface area contributed by atoms with Gasteiger partial charge >= 0.3 is 0 Å². The lowest BCUT2D eigenvalue weighted by Gasteiger charge is -2.38. The summed E-state index contributed by atoms with van der Waals surface area (Å²) in [7, 11) is 0. The van der Waals surface area contributed by atoms with Gasteiger partial charge in [0.15, 0.2) is 0 Å². The Labute approximate surface area is 112 Å². The molecule has 0 amide bonds. The SMILES string of the molecule is Cc1cc(N(CCCN)C2CCC2)ncc1Br. The number of aromatic nitrogens is 1. The van der Waals surface area contributed by atoms with Crippen molar-refractivity contribution in [3.63, 3.8) is 0 Å². The number of rotatable bonds is 5. The van der Waals surface area contributed by atoms with Crippen LogP contribution < -0.4 is 10.6 Å². The topological polar surface area (TPSA) is 42.1 Å². The lowest BCUT2D eigenvalue weighted by Crippen LogP contribution is -2.41. The summed E-state index contributed by atoms with van der Waals surface area (Å²) in [5.74, 6) is 1.10. The molecule has 1 aliphatic rings. The predicted molar refractivity (Wildman–Crippen MR) is 75.3 cm³/mol. The molecular weight excluding hydrogens is 278 g/mol. The Morgan fingerprint density at radius 1 is 1.53 bits per heavy atom. The first-order valence-corrected chi connectivity index (χ1v) is 7.10. The zero-order chi connectivity index (χ0) is 12.3. The molecule has 1 aromatic rings. The molecule has 0 aliphatic heterocycles. The van der Waals surface area contributed by atoms with Crippen molar-refractivity contribution in [1.82, 2.24) is 4.98 Å². The first-order chi connectivity index (χ1) is 8.22. The van der Waals surface area contributed by atoms with Gasteiger partial charge in [-0.2, -0.15) is 0 Å². The van der Waals surface area contributed by atoms with Crippen LogP contribution in [-0.4, -0.2) is 24.1 Å². The third kappa shape index (κ3) is 2.99. The first kappa shape index (κ1) is 12.8. The molecular formula is C13H20BrN3. The van der Waals surface area contributed by atoms with E-state index in [1.54, 1.807) is 0 Å². The van der Waals surface area contributed by atoms with Crippen LogP contribution >= 0.6 is 15.9 Å². The molecule has 94 valence electrons. The van der Waals surface area contributed by atoms with Gasteiger partial charge in [-0.1, -0.05) is 0 Å². The van der Waals surface area contributed by atoms with E-state index in [-0.39, 0.29) is 0 Å². The average Bonchev–Trinajstić information content (AvgIpc) is 2.25. The Kier molecular flexibility index (Phi) is 4.40. The maximum Gasteiger partial charge on any atom is 0.129 e. The van der Waals surface area contributed by atoms with E-state index < -0.39 is 0 Å². The number of aryl methyl sites for hydroxylation is 1. The minimum Gasteiger partial charge on any atom is -0.354 e. The third-order valence-electron chi connectivity index (χ3n) is 3.45. The largest absolute Gasteiger partial charge is 0.354 e. The fraction of sp³-hybridized carbons (Fsp3) is 0.615. The molecule has 0 radical (unpaired) electrons. The fourth-order valence-corrected chi connectivity index (χ4v) is 2.34. The van der Waals surface area contributed by atoms with Gasteiger partial charge in [0.05, 0.1) is 0 Å². The summed E-state index contributed by atoms with van der Waals surface area (Å²) in [6.45, 7) is 3.88. The highest BCUT2D eigenvalue weighted by Gasteiger charge is 2.25. The number of nitrogens with two attached hydrogens (primary N) is 1. The second-order valence-electron chi connectivity index (χ2n) is 4.71. The van der Waals surface area contributed by atoms with Gasteiger partial charge < -0.3 is 10.6 Å². The Balaban J connectivity index is 2.15. The number of anilines is 1. The summed E-state index contributed by atoms with van der Waals surface area (Å²) < 4.78 is 1.08. The molecule has 4 heteroatoms. The fourth-order valence-electron chi connectivity index (χ4n) is 2.13. The van der Waals surface area contributed by atoms with E-state index in [1.807, 2.05) is 6.20 Å². The standard InChI is InChI=1S/C13H20BrN3/c1-10-8-13(16-9-12(10)14)17(7-3-6-15)11-4-2-5-11/h8-9,11H,2-7,15H2,1H3. The Morgan fingerprint density at radius 3 is 2.82 bits per heavy atom. The highest BCUT2D eigenvalue weighted by molar-refractivity contribution is 9.10. The van der Waals surface area contributed by atoms with Gasteiger partial charge in [-0.05, 0) is 66.7 Å². The lowest BCUT2D eigenvalue weighted by atomic mass is 9.91. The number of pyridine rings is 1. The van der Waals surface area contributed by atoms with Crippen molar-refractivity contribution in [3.8, 4) is 0 Å². The Bertz CT molecular complexity index is 377. The predicted octanol–water partition coefficient (Wildman–Crippen LogP) is 2.86. The van der Waals surface area contributed by atoms with E-state index >= 15 is 0 Å². The van der Waals surface area contributed by atoms with Crippen molar-refractivity contribution in [2.75, 3.05) is 18.0 Å². The van der Waals surface area contributed by atoms with Crippen molar-refractivity contribution in [2.24, 2.45) is 5.73 Å². The number of halogens is 1. The van der Waals surface area contributed by atoms with Crippen molar-refractivity contribution < 1.29 is 0 Å². The van der Waals surface area contributed by atoms with Gasteiger partial charge in [0, 0.05) is 23.3 Å². The van der Waals surface area contributed by atoms with Crippen LogP contribution in [0.2, 0.25) is 0 Å². The zero-order valence-electron chi connectivity index (χ0n) is 10.3. The number of hydrogen-bond donors (Lipinski definition) is 1. The van der Waals surface area contributed by atoms with E-state index in [4.69, 9.17) is 5.73 Å². The average molecular weight is 298 g/mol. The Hall–Kier alpha value is -0.610. The molecule has 0 unspecified atom stereocenters. The van der Waals surface area contributed by atoms with Crippen LogP contribution in [-0.2, 0) is 0 Å². The summed E-state index contributed by atoms with van der Waals surface area (Å²) in [6.07, 6.45) is 6.87. The van der Waals surface area contributed by atoms with Crippen molar-refractivity contribution in [3.05, 3.63) is 22.3 Å². The summed E-state index contributed by atoms with van der Waals surface area (Å²) in [5, 5.41) is 0. The molecule has 3 nitrogen and oxygen atoms in total.